The average Bonchev–Trinajstić information content (AvgIpc) is 2.45. The van der Waals surface area contributed by atoms with Gasteiger partial charge in [0, 0.05) is 6.04 Å². The van der Waals surface area contributed by atoms with E-state index in [1.807, 2.05) is 13.8 Å². The average molecular weight is 275 g/mol. The molecule has 1 amide bonds. The molecule has 5 heteroatoms. The Bertz CT molecular complexity index is 465. The van der Waals surface area contributed by atoms with Gasteiger partial charge >= 0.3 is 0 Å². The fourth-order valence-corrected chi connectivity index (χ4v) is 1.83. The maximum Gasteiger partial charge on any atom is 0.234 e. The molecule has 0 saturated heterocycles. The zero-order valence-corrected chi connectivity index (χ0v) is 11.9. The first-order valence-corrected chi connectivity index (χ1v) is 6.75. The fourth-order valence-electron chi connectivity index (χ4n) is 1.83. The quantitative estimate of drug-likeness (QED) is 0.753. The van der Waals surface area contributed by atoms with Gasteiger partial charge < -0.3 is 10.5 Å². The minimum absolute atomic E-state index is 0.00898. The second kappa shape index (κ2) is 8.18. The van der Waals surface area contributed by atoms with E-state index in [-0.39, 0.29) is 18.0 Å². The van der Waals surface area contributed by atoms with Crippen molar-refractivity contribution >= 4 is 5.91 Å². The summed E-state index contributed by atoms with van der Waals surface area (Å²) in [5, 5.41) is 11.9. The van der Waals surface area contributed by atoms with Crippen molar-refractivity contribution < 1.29 is 9.53 Å². The lowest BCUT2D eigenvalue weighted by atomic mass is 10.1. The van der Waals surface area contributed by atoms with Crippen molar-refractivity contribution in [1.82, 2.24) is 5.32 Å². The number of nitrogens with one attached hydrogen (secondary N) is 1. The summed E-state index contributed by atoms with van der Waals surface area (Å²) < 4.78 is 5.60. The zero-order valence-electron chi connectivity index (χ0n) is 11.9. The van der Waals surface area contributed by atoms with Crippen molar-refractivity contribution in [3.8, 4) is 11.8 Å². The van der Waals surface area contributed by atoms with Gasteiger partial charge in [-0.3, -0.25) is 10.1 Å². The molecule has 1 rings (SSSR count). The van der Waals surface area contributed by atoms with Crippen molar-refractivity contribution in [2.75, 3.05) is 6.61 Å². The maximum atomic E-state index is 11.3. The van der Waals surface area contributed by atoms with Gasteiger partial charge in [-0.1, -0.05) is 13.3 Å². The fraction of sp³-hybridized carbons (Fsp3) is 0.467. The lowest BCUT2D eigenvalue weighted by molar-refractivity contribution is -0.120. The van der Waals surface area contributed by atoms with Gasteiger partial charge in [-0.2, -0.15) is 5.26 Å². The van der Waals surface area contributed by atoms with E-state index in [4.69, 9.17) is 15.7 Å². The van der Waals surface area contributed by atoms with E-state index in [0.29, 0.717) is 17.9 Å². The standard InChI is InChI=1S/C15H21N3O2/c1-3-4-14(15(17)19)18-11(2)10-20-13-7-5-12(9-16)6-8-13/h5-8,11,14,18H,3-4,10H2,1-2H3,(H2,17,19)/t11?,14-/m0/s1. The summed E-state index contributed by atoms with van der Waals surface area (Å²) in [5.74, 6) is 0.362. The highest BCUT2D eigenvalue weighted by Gasteiger charge is 2.16. The summed E-state index contributed by atoms with van der Waals surface area (Å²) in [6.45, 7) is 4.38. The SMILES string of the molecule is CCC[C@H](NC(C)COc1ccc(C#N)cc1)C(N)=O. The molecule has 108 valence electrons. The van der Waals surface area contributed by atoms with E-state index in [0.717, 1.165) is 12.8 Å². The van der Waals surface area contributed by atoms with E-state index in [1.165, 1.54) is 0 Å². The number of nitrogens with two attached hydrogens (primary N) is 1. The summed E-state index contributed by atoms with van der Waals surface area (Å²) in [7, 11) is 0. The molecule has 5 nitrogen and oxygen atoms in total. The van der Waals surface area contributed by atoms with E-state index in [1.54, 1.807) is 24.3 Å². The lowest BCUT2D eigenvalue weighted by Gasteiger charge is -2.20. The number of hydrogen-bond donors (Lipinski definition) is 2. The molecule has 0 heterocycles. The Kier molecular flexibility index (Phi) is 6.54. The molecule has 0 fully saturated rings. The summed E-state index contributed by atoms with van der Waals surface area (Å²) in [5.41, 5.74) is 5.93. The summed E-state index contributed by atoms with van der Waals surface area (Å²) in [4.78, 5) is 11.3. The van der Waals surface area contributed by atoms with Gasteiger partial charge in [0.1, 0.15) is 12.4 Å². The Morgan fingerprint density at radius 2 is 2.10 bits per heavy atom. The monoisotopic (exact) mass is 275 g/mol. The minimum Gasteiger partial charge on any atom is -0.492 e. The van der Waals surface area contributed by atoms with Crippen molar-refractivity contribution in [3.05, 3.63) is 29.8 Å². The molecule has 0 spiro atoms. The first-order valence-electron chi connectivity index (χ1n) is 6.75. The number of amides is 1. The third kappa shape index (κ3) is 5.29. The van der Waals surface area contributed by atoms with Gasteiger partial charge in [0.05, 0.1) is 17.7 Å². The molecule has 0 bridgehead atoms. The molecule has 1 unspecified atom stereocenters. The van der Waals surface area contributed by atoms with Gasteiger partial charge in [-0.25, -0.2) is 0 Å². The normalized spacial score (nSPS) is 13.2. The Morgan fingerprint density at radius 1 is 1.45 bits per heavy atom. The molecule has 1 aromatic rings. The molecular formula is C15H21N3O2. The number of benzene rings is 1. The topological polar surface area (TPSA) is 88.1 Å². The van der Waals surface area contributed by atoms with Crippen LogP contribution in [0.25, 0.3) is 0 Å². The molecule has 0 aliphatic carbocycles. The number of hydrogen-bond acceptors (Lipinski definition) is 4. The molecule has 0 aromatic heterocycles. The van der Waals surface area contributed by atoms with Crippen LogP contribution in [-0.4, -0.2) is 24.6 Å². The maximum absolute atomic E-state index is 11.3. The third-order valence-corrected chi connectivity index (χ3v) is 2.89. The zero-order chi connectivity index (χ0) is 15.0. The first kappa shape index (κ1) is 16.0. The van der Waals surface area contributed by atoms with Crippen LogP contribution in [-0.2, 0) is 4.79 Å². The van der Waals surface area contributed by atoms with Crippen LogP contribution in [0.2, 0.25) is 0 Å². The molecule has 2 atom stereocenters. The molecule has 0 aliphatic rings. The van der Waals surface area contributed by atoms with Crippen LogP contribution < -0.4 is 15.8 Å². The second-order valence-corrected chi connectivity index (χ2v) is 4.76. The van der Waals surface area contributed by atoms with Crippen LogP contribution in [0, 0.1) is 11.3 Å². The van der Waals surface area contributed by atoms with Gasteiger partial charge in [-0.05, 0) is 37.6 Å². The molecular weight excluding hydrogens is 254 g/mol. The molecule has 3 N–H and O–H groups in total. The summed E-state index contributed by atoms with van der Waals surface area (Å²) >= 11 is 0. The highest BCUT2D eigenvalue weighted by atomic mass is 16.5. The Morgan fingerprint density at radius 3 is 2.60 bits per heavy atom. The van der Waals surface area contributed by atoms with Gasteiger partial charge in [0.2, 0.25) is 5.91 Å². The van der Waals surface area contributed by atoms with Crippen LogP contribution in [0.1, 0.15) is 32.3 Å². The molecule has 0 radical (unpaired) electrons. The van der Waals surface area contributed by atoms with Crippen molar-refractivity contribution in [3.63, 3.8) is 0 Å². The number of nitrogens with zero attached hydrogens (tertiary/aromatic N) is 1. The predicted octanol–water partition coefficient (Wildman–Crippen LogP) is 1.57. The van der Waals surface area contributed by atoms with E-state index < -0.39 is 0 Å². The number of nitriles is 1. The largest absolute Gasteiger partial charge is 0.492 e. The second-order valence-electron chi connectivity index (χ2n) is 4.76. The van der Waals surface area contributed by atoms with Crippen LogP contribution in [0.5, 0.6) is 5.75 Å². The van der Waals surface area contributed by atoms with Crippen LogP contribution in [0.3, 0.4) is 0 Å². The van der Waals surface area contributed by atoms with Gasteiger partial charge in [0.25, 0.3) is 0 Å². The van der Waals surface area contributed by atoms with Crippen molar-refractivity contribution in [1.29, 1.82) is 5.26 Å². The number of carbonyl (C=O) groups excluding carboxylic acids is 1. The van der Waals surface area contributed by atoms with Crippen molar-refractivity contribution in [2.45, 2.75) is 38.8 Å². The number of primary amides is 1. The Hall–Kier alpha value is -2.06. The Labute approximate surface area is 119 Å². The third-order valence-electron chi connectivity index (χ3n) is 2.89. The number of ether oxygens (including phenoxy) is 1. The first-order chi connectivity index (χ1) is 9.56. The van der Waals surface area contributed by atoms with Gasteiger partial charge in [0.15, 0.2) is 0 Å². The number of carbonyl (C=O) groups is 1. The van der Waals surface area contributed by atoms with Gasteiger partial charge in [-0.15, -0.1) is 0 Å². The van der Waals surface area contributed by atoms with E-state index >= 15 is 0 Å². The van der Waals surface area contributed by atoms with Crippen molar-refractivity contribution in [2.24, 2.45) is 5.73 Å². The van der Waals surface area contributed by atoms with E-state index in [2.05, 4.69) is 11.4 Å². The predicted molar refractivity (Wildman–Crippen MR) is 77.1 cm³/mol. The molecule has 1 aromatic carbocycles. The highest BCUT2D eigenvalue weighted by molar-refractivity contribution is 5.79. The summed E-state index contributed by atoms with van der Waals surface area (Å²) in [6, 6.07) is 8.66. The molecule has 0 aliphatic heterocycles. The minimum atomic E-state index is -0.336. The molecule has 0 saturated carbocycles. The Balaban J connectivity index is 2.43. The van der Waals surface area contributed by atoms with E-state index in [9.17, 15) is 4.79 Å². The lowest BCUT2D eigenvalue weighted by Crippen LogP contribution is -2.47. The van der Waals surface area contributed by atoms with Crippen LogP contribution >= 0.6 is 0 Å². The highest BCUT2D eigenvalue weighted by Crippen LogP contribution is 2.11. The van der Waals surface area contributed by atoms with Crippen LogP contribution in [0.15, 0.2) is 24.3 Å². The summed E-state index contributed by atoms with van der Waals surface area (Å²) in [6.07, 6.45) is 1.61. The smallest absolute Gasteiger partial charge is 0.234 e. The van der Waals surface area contributed by atoms with Crippen LogP contribution in [0.4, 0.5) is 0 Å². The number of rotatable bonds is 8. The molecule has 20 heavy (non-hydrogen) atoms.